The van der Waals surface area contributed by atoms with E-state index in [0.29, 0.717) is 10.0 Å². The molecule has 0 spiro atoms. The number of aryl methyl sites for hydroxylation is 1. The molecule has 0 fully saturated rings. The second-order valence-electron chi connectivity index (χ2n) is 6.19. The van der Waals surface area contributed by atoms with Gasteiger partial charge in [0.15, 0.2) is 0 Å². The summed E-state index contributed by atoms with van der Waals surface area (Å²) in [6, 6.07) is 12.9. The first-order valence-corrected chi connectivity index (χ1v) is 9.01. The van der Waals surface area contributed by atoms with Crippen LogP contribution in [0.5, 0.6) is 0 Å². The Morgan fingerprint density at radius 2 is 1.85 bits per heavy atom. The van der Waals surface area contributed by atoms with Gasteiger partial charge in [0, 0.05) is 4.47 Å². The molecule has 2 aromatic carbocycles. The molecule has 1 atom stereocenters. The van der Waals surface area contributed by atoms with Gasteiger partial charge in [0.1, 0.15) is 0 Å². The maximum atomic E-state index is 13.7. The van der Waals surface area contributed by atoms with E-state index in [4.69, 9.17) is 0 Å². The van der Waals surface area contributed by atoms with Gasteiger partial charge in [0.05, 0.1) is 17.7 Å². The first-order valence-electron chi connectivity index (χ1n) is 8.22. The van der Waals surface area contributed by atoms with Gasteiger partial charge < -0.3 is 5.11 Å². The monoisotopic (exact) mass is 440 g/mol. The molecule has 142 valence electrons. The zero-order valence-electron chi connectivity index (χ0n) is 14.3. The SMILES string of the molecule is CCc1ccc(C2=NN(C(=O)c3ccccc3Br)[C@@](O)(C(F)(F)F)C2)cc1. The maximum Gasteiger partial charge on any atom is 0.438 e. The number of hydrazone groups is 1. The van der Waals surface area contributed by atoms with Crippen LogP contribution in [0.3, 0.4) is 0 Å². The van der Waals surface area contributed by atoms with Crippen LogP contribution in [0.25, 0.3) is 0 Å². The van der Waals surface area contributed by atoms with Crippen molar-refractivity contribution in [1.29, 1.82) is 0 Å². The van der Waals surface area contributed by atoms with E-state index in [2.05, 4.69) is 21.0 Å². The molecule has 4 nitrogen and oxygen atoms in total. The summed E-state index contributed by atoms with van der Waals surface area (Å²) >= 11 is 3.15. The van der Waals surface area contributed by atoms with Crippen molar-refractivity contribution in [3.8, 4) is 0 Å². The number of hydrogen-bond donors (Lipinski definition) is 1. The normalized spacial score (nSPS) is 19.9. The summed E-state index contributed by atoms with van der Waals surface area (Å²) in [5.41, 5.74) is -1.98. The van der Waals surface area contributed by atoms with Crippen molar-refractivity contribution >= 4 is 27.5 Å². The van der Waals surface area contributed by atoms with Crippen molar-refractivity contribution in [2.45, 2.75) is 31.7 Å². The Hall–Kier alpha value is -2.19. The first-order chi connectivity index (χ1) is 12.7. The van der Waals surface area contributed by atoms with E-state index in [1.807, 2.05) is 6.92 Å². The van der Waals surface area contributed by atoms with Crippen LogP contribution in [0.1, 0.15) is 34.8 Å². The van der Waals surface area contributed by atoms with Crippen LogP contribution < -0.4 is 0 Å². The third-order valence-corrected chi connectivity index (χ3v) is 5.12. The summed E-state index contributed by atoms with van der Waals surface area (Å²) in [6.45, 7) is 1.96. The lowest BCUT2D eigenvalue weighted by molar-refractivity contribution is -0.297. The van der Waals surface area contributed by atoms with Gasteiger partial charge in [0.25, 0.3) is 11.6 Å². The number of hydrogen-bond acceptors (Lipinski definition) is 3. The Bertz CT molecular complexity index is 897. The predicted octanol–water partition coefficient (Wildman–Crippen LogP) is 4.51. The van der Waals surface area contributed by atoms with Crippen LogP contribution in [-0.2, 0) is 6.42 Å². The zero-order chi connectivity index (χ0) is 19.8. The summed E-state index contributed by atoms with van der Waals surface area (Å²) in [6.07, 6.45) is -5.12. The van der Waals surface area contributed by atoms with E-state index in [0.717, 1.165) is 12.0 Å². The van der Waals surface area contributed by atoms with Crippen LogP contribution in [0.4, 0.5) is 13.2 Å². The number of rotatable bonds is 3. The lowest BCUT2D eigenvalue weighted by Crippen LogP contribution is -2.56. The molecule has 0 radical (unpaired) electrons. The zero-order valence-corrected chi connectivity index (χ0v) is 15.9. The average molecular weight is 441 g/mol. The summed E-state index contributed by atoms with van der Waals surface area (Å²) in [5, 5.41) is 14.4. The summed E-state index contributed by atoms with van der Waals surface area (Å²) < 4.78 is 41.3. The van der Waals surface area contributed by atoms with E-state index in [1.54, 1.807) is 30.3 Å². The lowest BCUT2D eigenvalue weighted by atomic mass is 9.99. The number of nitrogens with zero attached hydrogens (tertiary/aromatic N) is 2. The Balaban J connectivity index is 2.05. The fraction of sp³-hybridized carbons (Fsp3) is 0.263. The smallest absolute Gasteiger partial charge is 0.362 e. The average Bonchev–Trinajstić information content (AvgIpc) is 3.00. The summed E-state index contributed by atoms with van der Waals surface area (Å²) in [7, 11) is 0. The van der Waals surface area contributed by atoms with Crippen LogP contribution in [-0.4, -0.2) is 33.6 Å². The van der Waals surface area contributed by atoms with E-state index in [1.165, 1.54) is 18.2 Å². The maximum absolute atomic E-state index is 13.7. The molecule has 1 N–H and O–H groups in total. The number of carbonyl (C=O) groups is 1. The van der Waals surface area contributed by atoms with Crippen LogP contribution in [0.15, 0.2) is 58.1 Å². The fourth-order valence-corrected chi connectivity index (χ4v) is 3.28. The molecule has 1 amide bonds. The number of benzene rings is 2. The van der Waals surface area contributed by atoms with Gasteiger partial charge in [-0.3, -0.25) is 4.79 Å². The van der Waals surface area contributed by atoms with Gasteiger partial charge in [-0.1, -0.05) is 43.3 Å². The van der Waals surface area contributed by atoms with Gasteiger partial charge >= 0.3 is 6.18 Å². The van der Waals surface area contributed by atoms with Crippen molar-refractivity contribution in [3.63, 3.8) is 0 Å². The second kappa shape index (κ2) is 7.09. The number of carbonyl (C=O) groups excluding carboxylic acids is 1. The van der Waals surface area contributed by atoms with Gasteiger partial charge in [-0.25, -0.2) is 0 Å². The van der Waals surface area contributed by atoms with Crippen LogP contribution >= 0.6 is 15.9 Å². The minimum absolute atomic E-state index is 0.00196. The molecule has 0 aromatic heterocycles. The molecule has 8 heteroatoms. The standard InChI is InChI=1S/C19H16BrF3N2O2/c1-2-12-7-9-13(10-8-12)16-11-18(27,19(21,22)23)25(24-16)17(26)14-5-3-4-6-15(14)20/h3-10,27H,2,11H2,1H3/t18-/m0/s1. The van der Waals surface area contributed by atoms with Gasteiger partial charge in [-0.05, 0) is 45.6 Å². The van der Waals surface area contributed by atoms with Crippen molar-refractivity contribution in [2.75, 3.05) is 0 Å². The lowest BCUT2D eigenvalue weighted by Gasteiger charge is -2.32. The largest absolute Gasteiger partial charge is 0.438 e. The van der Waals surface area contributed by atoms with Gasteiger partial charge in [-0.15, -0.1) is 0 Å². The molecule has 0 aliphatic carbocycles. The minimum Gasteiger partial charge on any atom is -0.362 e. The van der Waals surface area contributed by atoms with Gasteiger partial charge in [-0.2, -0.15) is 23.3 Å². The highest BCUT2D eigenvalue weighted by Crippen LogP contribution is 2.42. The molecule has 1 heterocycles. The Kier molecular flexibility index (Phi) is 5.14. The van der Waals surface area contributed by atoms with Crippen molar-refractivity contribution in [3.05, 3.63) is 69.7 Å². The van der Waals surface area contributed by atoms with Crippen LogP contribution in [0, 0.1) is 0 Å². The number of amides is 1. The number of alkyl halides is 3. The molecule has 27 heavy (non-hydrogen) atoms. The molecular weight excluding hydrogens is 425 g/mol. The Morgan fingerprint density at radius 3 is 2.41 bits per heavy atom. The van der Waals surface area contributed by atoms with E-state index in [-0.39, 0.29) is 16.3 Å². The topological polar surface area (TPSA) is 52.9 Å². The molecule has 3 rings (SSSR count). The molecule has 0 saturated carbocycles. The van der Waals surface area contributed by atoms with Gasteiger partial charge in [0.2, 0.25) is 0 Å². The van der Waals surface area contributed by atoms with Crippen molar-refractivity contribution in [2.24, 2.45) is 5.10 Å². The van der Waals surface area contributed by atoms with E-state index in [9.17, 15) is 23.1 Å². The fourth-order valence-electron chi connectivity index (χ4n) is 2.82. The molecular formula is C19H16BrF3N2O2. The van der Waals surface area contributed by atoms with E-state index < -0.39 is 24.2 Å². The third-order valence-electron chi connectivity index (χ3n) is 4.43. The highest BCUT2D eigenvalue weighted by Gasteiger charge is 2.63. The van der Waals surface area contributed by atoms with Crippen molar-refractivity contribution < 1.29 is 23.1 Å². The van der Waals surface area contributed by atoms with Crippen LogP contribution in [0.2, 0.25) is 0 Å². The molecule has 0 bridgehead atoms. The first kappa shape index (κ1) is 19.6. The quantitative estimate of drug-likeness (QED) is 0.762. The molecule has 0 saturated heterocycles. The minimum atomic E-state index is -5.07. The second-order valence-corrected chi connectivity index (χ2v) is 7.04. The predicted molar refractivity (Wildman–Crippen MR) is 98.3 cm³/mol. The Morgan fingerprint density at radius 1 is 1.22 bits per heavy atom. The number of halogens is 4. The molecule has 1 aliphatic rings. The Labute approximate surface area is 162 Å². The number of aliphatic hydroxyl groups is 1. The molecule has 1 aliphatic heterocycles. The summed E-state index contributed by atoms with van der Waals surface area (Å²) in [5.74, 6) is -1.04. The molecule has 0 unspecified atom stereocenters. The summed E-state index contributed by atoms with van der Waals surface area (Å²) in [4.78, 5) is 12.7. The van der Waals surface area contributed by atoms with Crippen molar-refractivity contribution in [1.82, 2.24) is 5.01 Å². The highest BCUT2D eigenvalue weighted by atomic mass is 79.9. The third kappa shape index (κ3) is 3.51. The van der Waals surface area contributed by atoms with E-state index >= 15 is 0 Å². The highest BCUT2D eigenvalue weighted by molar-refractivity contribution is 9.10. The molecule has 2 aromatic rings.